The number of hydrogen-bond acceptors (Lipinski definition) is 2. The second-order valence-electron chi connectivity index (χ2n) is 5.16. The highest BCUT2D eigenvalue weighted by Gasteiger charge is 2.47. The first-order valence-corrected chi connectivity index (χ1v) is 7.91. The van der Waals surface area contributed by atoms with E-state index in [1.165, 1.54) is 5.56 Å². The van der Waals surface area contributed by atoms with Crippen LogP contribution in [0.15, 0.2) is 42.7 Å². The minimum atomic E-state index is 0.0691. The Morgan fingerprint density at radius 3 is 2.60 bits per heavy atom. The Morgan fingerprint density at radius 1 is 1.15 bits per heavy atom. The van der Waals surface area contributed by atoms with Crippen LogP contribution in [-0.4, -0.2) is 14.6 Å². The SMILES string of the molecule is Clc1ccc(C2(c3ccn4ncc(I)c4n3)CC2)cc1. The van der Waals surface area contributed by atoms with Gasteiger partial charge in [-0.05, 0) is 59.2 Å². The maximum atomic E-state index is 5.98. The number of benzene rings is 1. The van der Waals surface area contributed by atoms with Gasteiger partial charge in [0.2, 0.25) is 0 Å². The molecule has 3 aromatic rings. The summed E-state index contributed by atoms with van der Waals surface area (Å²) >= 11 is 8.26. The molecule has 1 aliphatic carbocycles. The molecule has 0 unspecified atom stereocenters. The molecule has 0 amide bonds. The molecule has 3 nitrogen and oxygen atoms in total. The lowest BCUT2D eigenvalue weighted by atomic mass is 9.92. The Bertz CT molecular complexity index is 790. The number of rotatable bonds is 2. The van der Waals surface area contributed by atoms with Gasteiger partial charge in [-0.2, -0.15) is 5.10 Å². The molecule has 4 rings (SSSR count). The van der Waals surface area contributed by atoms with E-state index in [0.29, 0.717) is 0 Å². The van der Waals surface area contributed by atoms with Crippen LogP contribution in [-0.2, 0) is 5.41 Å². The smallest absolute Gasteiger partial charge is 0.168 e. The van der Waals surface area contributed by atoms with Gasteiger partial charge in [-0.25, -0.2) is 9.50 Å². The lowest BCUT2D eigenvalue weighted by Gasteiger charge is -2.15. The van der Waals surface area contributed by atoms with Gasteiger partial charge in [0.25, 0.3) is 0 Å². The Morgan fingerprint density at radius 2 is 1.90 bits per heavy atom. The summed E-state index contributed by atoms with van der Waals surface area (Å²) in [6.45, 7) is 0. The van der Waals surface area contributed by atoms with E-state index in [4.69, 9.17) is 16.6 Å². The topological polar surface area (TPSA) is 30.2 Å². The Labute approximate surface area is 135 Å². The summed E-state index contributed by atoms with van der Waals surface area (Å²) in [5.74, 6) is 0. The number of halogens is 2. The highest BCUT2D eigenvalue weighted by atomic mass is 127. The number of aromatic nitrogens is 3. The second kappa shape index (κ2) is 4.43. The summed E-state index contributed by atoms with van der Waals surface area (Å²) in [4.78, 5) is 4.83. The Balaban J connectivity index is 1.85. The first-order valence-electron chi connectivity index (χ1n) is 6.45. The predicted molar refractivity (Wildman–Crippen MR) is 87.2 cm³/mol. The summed E-state index contributed by atoms with van der Waals surface area (Å²) in [6, 6.07) is 10.2. The lowest BCUT2D eigenvalue weighted by Crippen LogP contribution is -2.11. The molecule has 0 radical (unpaired) electrons. The van der Waals surface area contributed by atoms with Crippen molar-refractivity contribution in [1.82, 2.24) is 14.6 Å². The third-order valence-electron chi connectivity index (χ3n) is 3.96. The van der Waals surface area contributed by atoms with Gasteiger partial charge < -0.3 is 0 Å². The molecule has 1 fully saturated rings. The van der Waals surface area contributed by atoms with Crippen molar-refractivity contribution in [2.45, 2.75) is 18.3 Å². The zero-order chi connectivity index (χ0) is 13.7. The number of nitrogens with zero attached hydrogens (tertiary/aromatic N) is 3. The van der Waals surface area contributed by atoms with Gasteiger partial charge in [-0.3, -0.25) is 0 Å². The molecule has 0 N–H and O–H groups in total. The third kappa shape index (κ3) is 1.85. The normalized spacial score (nSPS) is 16.5. The van der Waals surface area contributed by atoms with Gasteiger partial charge in [0, 0.05) is 16.6 Å². The van der Waals surface area contributed by atoms with Crippen LogP contribution in [0.1, 0.15) is 24.1 Å². The van der Waals surface area contributed by atoms with Gasteiger partial charge in [0.1, 0.15) is 0 Å². The van der Waals surface area contributed by atoms with Crippen LogP contribution >= 0.6 is 34.2 Å². The molecule has 1 aliphatic rings. The first-order chi connectivity index (χ1) is 9.69. The quantitative estimate of drug-likeness (QED) is 0.612. The molecule has 0 atom stereocenters. The molecule has 100 valence electrons. The summed E-state index contributed by atoms with van der Waals surface area (Å²) in [5.41, 5.74) is 3.43. The highest BCUT2D eigenvalue weighted by Crippen LogP contribution is 2.52. The van der Waals surface area contributed by atoms with Crippen molar-refractivity contribution in [1.29, 1.82) is 0 Å². The van der Waals surface area contributed by atoms with E-state index in [1.54, 1.807) is 0 Å². The molecule has 2 aromatic heterocycles. The molecule has 2 heterocycles. The van der Waals surface area contributed by atoms with E-state index in [-0.39, 0.29) is 5.41 Å². The minimum absolute atomic E-state index is 0.0691. The fourth-order valence-electron chi connectivity index (χ4n) is 2.69. The second-order valence-corrected chi connectivity index (χ2v) is 6.76. The monoisotopic (exact) mass is 395 g/mol. The van der Waals surface area contributed by atoms with Crippen molar-refractivity contribution in [3.05, 3.63) is 62.6 Å². The molecular formula is C15H11ClIN3. The predicted octanol–water partition coefficient (Wildman–Crippen LogP) is 4.07. The molecule has 0 bridgehead atoms. The molecule has 1 aromatic carbocycles. The van der Waals surface area contributed by atoms with Gasteiger partial charge >= 0.3 is 0 Å². The van der Waals surface area contributed by atoms with Crippen LogP contribution < -0.4 is 0 Å². The number of fused-ring (bicyclic) bond motifs is 1. The Kier molecular flexibility index (Phi) is 2.79. The van der Waals surface area contributed by atoms with Crippen LogP contribution in [0, 0.1) is 3.57 Å². The molecular weight excluding hydrogens is 385 g/mol. The average Bonchev–Trinajstić information content (AvgIpc) is 3.20. The van der Waals surface area contributed by atoms with Crippen molar-refractivity contribution >= 4 is 39.8 Å². The van der Waals surface area contributed by atoms with Gasteiger partial charge in [-0.15, -0.1) is 0 Å². The van der Waals surface area contributed by atoms with E-state index >= 15 is 0 Å². The summed E-state index contributed by atoms with van der Waals surface area (Å²) in [7, 11) is 0. The Hall–Kier alpha value is -1.14. The maximum Gasteiger partial charge on any atom is 0.168 e. The van der Waals surface area contributed by atoms with Crippen molar-refractivity contribution < 1.29 is 0 Å². The average molecular weight is 396 g/mol. The van der Waals surface area contributed by atoms with Crippen molar-refractivity contribution in [2.24, 2.45) is 0 Å². The van der Waals surface area contributed by atoms with Crippen LogP contribution in [0.5, 0.6) is 0 Å². The van der Waals surface area contributed by atoms with Crippen LogP contribution in [0.2, 0.25) is 5.02 Å². The fraction of sp³-hybridized carbons (Fsp3) is 0.200. The standard InChI is InChI=1S/C15H11ClIN3/c16-11-3-1-10(2-4-11)15(6-7-15)13-5-8-20-14(19-13)12(17)9-18-20/h1-5,8-9H,6-7H2. The largest absolute Gasteiger partial charge is 0.232 e. The highest BCUT2D eigenvalue weighted by molar-refractivity contribution is 14.1. The molecule has 0 aliphatic heterocycles. The lowest BCUT2D eigenvalue weighted by molar-refractivity contribution is 0.791. The summed E-state index contributed by atoms with van der Waals surface area (Å²) < 4.78 is 2.90. The third-order valence-corrected chi connectivity index (χ3v) is 4.98. The number of hydrogen-bond donors (Lipinski definition) is 0. The van der Waals surface area contributed by atoms with E-state index < -0.39 is 0 Å². The van der Waals surface area contributed by atoms with Crippen LogP contribution in [0.25, 0.3) is 5.65 Å². The van der Waals surface area contributed by atoms with Crippen molar-refractivity contribution in [2.75, 3.05) is 0 Å². The van der Waals surface area contributed by atoms with Gasteiger partial charge in [-0.1, -0.05) is 23.7 Å². The first kappa shape index (κ1) is 12.6. The van der Waals surface area contributed by atoms with E-state index in [1.807, 2.05) is 29.0 Å². The minimum Gasteiger partial charge on any atom is -0.232 e. The molecule has 0 spiro atoms. The zero-order valence-electron chi connectivity index (χ0n) is 10.6. The zero-order valence-corrected chi connectivity index (χ0v) is 13.5. The van der Waals surface area contributed by atoms with Crippen molar-refractivity contribution in [3.8, 4) is 0 Å². The summed E-state index contributed by atoms with van der Waals surface area (Å²) in [5, 5.41) is 5.05. The summed E-state index contributed by atoms with van der Waals surface area (Å²) in [6.07, 6.45) is 6.12. The molecule has 20 heavy (non-hydrogen) atoms. The molecule has 0 saturated heterocycles. The fourth-order valence-corrected chi connectivity index (χ4v) is 3.31. The van der Waals surface area contributed by atoms with Crippen LogP contribution in [0.4, 0.5) is 0 Å². The van der Waals surface area contributed by atoms with E-state index in [9.17, 15) is 0 Å². The van der Waals surface area contributed by atoms with E-state index in [0.717, 1.165) is 32.8 Å². The van der Waals surface area contributed by atoms with Crippen molar-refractivity contribution in [3.63, 3.8) is 0 Å². The van der Waals surface area contributed by atoms with Crippen LogP contribution in [0.3, 0.4) is 0 Å². The van der Waals surface area contributed by atoms with Gasteiger partial charge in [0.15, 0.2) is 5.65 Å². The maximum absolute atomic E-state index is 5.98. The molecule has 1 saturated carbocycles. The van der Waals surface area contributed by atoms with E-state index in [2.05, 4.69) is 45.9 Å². The van der Waals surface area contributed by atoms with Gasteiger partial charge in [0.05, 0.1) is 15.5 Å². The molecule has 5 heteroatoms.